The van der Waals surface area contributed by atoms with E-state index in [1.165, 1.54) is 11.3 Å². The topological polar surface area (TPSA) is 71.0 Å². The van der Waals surface area contributed by atoms with Gasteiger partial charge in [-0.3, -0.25) is 4.79 Å². The number of thiazole rings is 1. The maximum Gasteiger partial charge on any atom is 0.273 e. The summed E-state index contributed by atoms with van der Waals surface area (Å²) < 4.78 is 0. The first-order valence-electron chi connectivity index (χ1n) is 6.97. The lowest BCUT2D eigenvalue weighted by molar-refractivity contribution is 0.0713. The molecule has 0 saturated carbocycles. The fourth-order valence-corrected chi connectivity index (χ4v) is 2.92. The summed E-state index contributed by atoms with van der Waals surface area (Å²) in [6, 6.07) is 4.22. The number of amides is 1. The molecule has 3 heterocycles. The number of likely N-dealkylation sites (tertiary alicyclic amines) is 1. The molecule has 1 aliphatic heterocycles. The lowest BCUT2D eigenvalue weighted by Gasteiger charge is -2.32. The van der Waals surface area contributed by atoms with Crippen molar-refractivity contribution in [2.24, 2.45) is 0 Å². The van der Waals surface area contributed by atoms with Gasteiger partial charge in [-0.15, -0.1) is 16.4 Å². The number of carbonyl (C=O) groups excluding carboxylic acids is 1. The monoisotopic (exact) mass is 303 g/mol. The number of nitrogens with zero attached hydrogens (tertiary/aromatic N) is 4. The van der Waals surface area contributed by atoms with Gasteiger partial charge in [-0.1, -0.05) is 0 Å². The van der Waals surface area contributed by atoms with E-state index < -0.39 is 0 Å². The molecule has 6 nitrogen and oxygen atoms in total. The molecule has 7 heteroatoms. The van der Waals surface area contributed by atoms with E-state index in [9.17, 15) is 4.79 Å². The first kappa shape index (κ1) is 13.9. The third kappa shape index (κ3) is 3.36. The smallest absolute Gasteiger partial charge is 0.273 e. The molecule has 3 rings (SSSR count). The summed E-state index contributed by atoms with van der Waals surface area (Å²) in [6.07, 6.45) is 1.82. The van der Waals surface area contributed by atoms with Crippen molar-refractivity contribution in [1.29, 1.82) is 0 Å². The number of carbonyl (C=O) groups is 1. The Kier molecular flexibility index (Phi) is 4.10. The van der Waals surface area contributed by atoms with Crippen molar-refractivity contribution in [3.63, 3.8) is 0 Å². The third-order valence-electron chi connectivity index (χ3n) is 3.58. The zero-order valence-electron chi connectivity index (χ0n) is 11.8. The zero-order valence-corrected chi connectivity index (χ0v) is 12.6. The summed E-state index contributed by atoms with van der Waals surface area (Å²) in [4.78, 5) is 18.1. The highest BCUT2D eigenvalue weighted by Crippen LogP contribution is 2.17. The van der Waals surface area contributed by atoms with E-state index in [-0.39, 0.29) is 5.91 Å². The van der Waals surface area contributed by atoms with Crippen molar-refractivity contribution in [2.45, 2.75) is 25.8 Å². The second-order valence-corrected chi connectivity index (χ2v) is 5.86. The Balaban J connectivity index is 1.53. The number of nitrogens with one attached hydrogen (secondary N) is 1. The van der Waals surface area contributed by atoms with E-state index in [0.717, 1.165) is 37.4 Å². The molecule has 21 heavy (non-hydrogen) atoms. The Bertz CT molecular complexity index is 590. The molecule has 1 N–H and O–H groups in total. The molecule has 0 radical (unpaired) electrons. The highest BCUT2D eigenvalue weighted by molar-refractivity contribution is 7.07. The minimum atomic E-state index is 0.0322. The average Bonchev–Trinajstić information content (AvgIpc) is 3.04. The summed E-state index contributed by atoms with van der Waals surface area (Å²) in [5, 5.41) is 13.3. The van der Waals surface area contributed by atoms with Crippen molar-refractivity contribution in [3.8, 4) is 0 Å². The van der Waals surface area contributed by atoms with Gasteiger partial charge < -0.3 is 10.2 Å². The molecule has 2 aromatic heterocycles. The number of aromatic nitrogens is 3. The Morgan fingerprint density at radius 2 is 2.14 bits per heavy atom. The summed E-state index contributed by atoms with van der Waals surface area (Å²) in [6.45, 7) is 3.40. The Hall–Kier alpha value is -2.02. The zero-order chi connectivity index (χ0) is 14.7. The van der Waals surface area contributed by atoms with E-state index in [2.05, 4.69) is 20.5 Å². The number of hydrogen-bond acceptors (Lipinski definition) is 6. The van der Waals surface area contributed by atoms with Gasteiger partial charge in [-0.2, -0.15) is 5.10 Å². The SMILES string of the molecule is Cc1ccc(NC2CCN(C(=O)c3cscn3)CC2)nn1. The second-order valence-electron chi connectivity index (χ2n) is 5.14. The molecule has 1 aliphatic rings. The molecule has 1 saturated heterocycles. The molecule has 0 unspecified atom stereocenters. The molecular formula is C14H17N5OS. The number of rotatable bonds is 3. The van der Waals surface area contributed by atoms with Crippen LogP contribution in [0.15, 0.2) is 23.0 Å². The fraction of sp³-hybridized carbons (Fsp3) is 0.429. The summed E-state index contributed by atoms with van der Waals surface area (Å²) >= 11 is 1.45. The van der Waals surface area contributed by atoms with Gasteiger partial charge in [-0.25, -0.2) is 4.98 Å². The van der Waals surface area contributed by atoms with Crippen molar-refractivity contribution in [2.75, 3.05) is 18.4 Å². The van der Waals surface area contributed by atoms with Crippen LogP contribution >= 0.6 is 11.3 Å². The first-order chi connectivity index (χ1) is 10.2. The van der Waals surface area contributed by atoms with E-state index in [4.69, 9.17) is 0 Å². The van der Waals surface area contributed by atoms with Gasteiger partial charge in [0.05, 0.1) is 11.2 Å². The summed E-state index contributed by atoms with van der Waals surface area (Å²) in [7, 11) is 0. The molecule has 1 fully saturated rings. The van der Waals surface area contributed by atoms with Crippen LogP contribution in [-0.2, 0) is 0 Å². The number of hydrogen-bond donors (Lipinski definition) is 1. The van der Waals surface area contributed by atoms with Gasteiger partial charge in [0, 0.05) is 24.5 Å². The van der Waals surface area contributed by atoms with Crippen LogP contribution in [0.25, 0.3) is 0 Å². The average molecular weight is 303 g/mol. The number of aryl methyl sites for hydroxylation is 1. The maximum absolute atomic E-state index is 12.2. The van der Waals surface area contributed by atoms with Crippen LogP contribution in [0.4, 0.5) is 5.82 Å². The van der Waals surface area contributed by atoms with Crippen LogP contribution in [-0.4, -0.2) is 45.1 Å². The van der Waals surface area contributed by atoms with E-state index in [0.29, 0.717) is 11.7 Å². The van der Waals surface area contributed by atoms with Gasteiger partial charge in [0.1, 0.15) is 11.5 Å². The van der Waals surface area contributed by atoms with Crippen molar-refractivity contribution < 1.29 is 4.79 Å². The van der Waals surface area contributed by atoms with Crippen LogP contribution in [0.1, 0.15) is 29.0 Å². The van der Waals surface area contributed by atoms with Crippen LogP contribution < -0.4 is 5.32 Å². The molecule has 0 aromatic carbocycles. The van der Waals surface area contributed by atoms with E-state index >= 15 is 0 Å². The first-order valence-corrected chi connectivity index (χ1v) is 7.91. The number of anilines is 1. The van der Waals surface area contributed by atoms with Gasteiger partial charge >= 0.3 is 0 Å². The summed E-state index contributed by atoms with van der Waals surface area (Å²) in [5.74, 6) is 0.828. The predicted octanol–water partition coefficient (Wildman–Crippen LogP) is 1.96. The Morgan fingerprint density at radius 1 is 1.33 bits per heavy atom. The van der Waals surface area contributed by atoms with Gasteiger partial charge in [-0.05, 0) is 31.9 Å². The highest BCUT2D eigenvalue weighted by atomic mass is 32.1. The van der Waals surface area contributed by atoms with Gasteiger partial charge in [0.25, 0.3) is 5.91 Å². The van der Waals surface area contributed by atoms with Crippen molar-refractivity contribution in [1.82, 2.24) is 20.1 Å². The molecule has 2 aromatic rings. The van der Waals surface area contributed by atoms with Gasteiger partial charge in [0.2, 0.25) is 0 Å². The minimum absolute atomic E-state index is 0.0322. The van der Waals surface area contributed by atoms with Crippen LogP contribution in [0.5, 0.6) is 0 Å². The maximum atomic E-state index is 12.2. The highest BCUT2D eigenvalue weighted by Gasteiger charge is 2.24. The molecular weight excluding hydrogens is 286 g/mol. The molecule has 0 bridgehead atoms. The molecule has 0 atom stereocenters. The van der Waals surface area contributed by atoms with Crippen LogP contribution in [0, 0.1) is 6.92 Å². The predicted molar refractivity (Wildman–Crippen MR) is 81.4 cm³/mol. The fourth-order valence-electron chi connectivity index (χ4n) is 2.39. The summed E-state index contributed by atoms with van der Waals surface area (Å²) in [5.41, 5.74) is 3.15. The molecule has 1 amide bonds. The van der Waals surface area contributed by atoms with Crippen molar-refractivity contribution in [3.05, 3.63) is 34.4 Å². The minimum Gasteiger partial charge on any atom is -0.366 e. The standard InChI is InChI=1S/C14H17N5OS/c1-10-2-3-13(18-17-10)16-11-4-6-19(7-5-11)14(20)12-8-21-9-15-12/h2-3,8-9,11H,4-7H2,1H3,(H,16,18). The van der Waals surface area contributed by atoms with Crippen LogP contribution in [0.2, 0.25) is 0 Å². The Morgan fingerprint density at radius 3 is 2.76 bits per heavy atom. The molecule has 0 spiro atoms. The number of piperidine rings is 1. The van der Waals surface area contributed by atoms with Gasteiger partial charge in [0.15, 0.2) is 0 Å². The lowest BCUT2D eigenvalue weighted by atomic mass is 10.0. The normalized spacial score (nSPS) is 16.0. The largest absolute Gasteiger partial charge is 0.366 e. The molecule has 0 aliphatic carbocycles. The third-order valence-corrected chi connectivity index (χ3v) is 4.17. The second kappa shape index (κ2) is 6.17. The Labute approximate surface area is 127 Å². The lowest BCUT2D eigenvalue weighted by Crippen LogP contribution is -2.42. The van der Waals surface area contributed by atoms with Crippen LogP contribution in [0.3, 0.4) is 0 Å². The van der Waals surface area contributed by atoms with E-state index in [1.54, 1.807) is 10.9 Å². The van der Waals surface area contributed by atoms with Crippen molar-refractivity contribution >= 4 is 23.1 Å². The molecule has 110 valence electrons. The van der Waals surface area contributed by atoms with E-state index in [1.807, 2.05) is 24.0 Å². The quantitative estimate of drug-likeness (QED) is 0.938.